The number of esters is 1. The number of carbonyl (C=O) groups excluding carboxylic acids is 1. The van der Waals surface area contributed by atoms with Crippen LogP contribution in [0.3, 0.4) is 0 Å². The van der Waals surface area contributed by atoms with E-state index in [1.54, 1.807) is 18.2 Å². The summed E-state index contributed by atoms with van der Waals surface area (Å²) in [6.45, 7) is 0. The van der Waals surface area contributed by atoms with Gasteiger partial charge in [0.15, 0.2) is 0 Å². The molecule has 0 aliphatic carbocycles. The van der Waals surface area contributed by atoms with E-state index in [0.717, 1.165) is 5.56 Å². The third kappa shape index (κ3) is 2.55. The Morgan fingerprint density at radius 3 is 2.92 bits per heavy atom. The Bertz CT molecular complexity index is 284. The molecule has 0 fully saturated rings. The molecule has 0 aliphatic rings. The van der Waals surface area contributed by atoms with Gasteiger partial charge in [0.25, 0.3) is 0 Å². The highest BCUT2D eigenvalue weighted by Crippen LogP contribution is 2.11. The summed E-state index contributed by atoms with van der Waals surface area (Å²) in [5.74, 6) is -0.364. The second kappa shape index (κ2) is 4.12. The van der Waals surface area contributed by atoms with Gasteiger partial charge in [-0.2, -0.15) is 0 Å². The first-order valence-electron chi connectivity index (χ1n) is 3.41. The largest absolute Gasteiger partial charge is 0.462 e. The molecule has 0 aromatic heterocycles. The van der Waals surface area contributed by atoms with Crippen molar-refractivity contribution in [2.24, 2.45) is 0 Å². The summed E-state index contributed by atoms with van der Waals surface area (Å²) in [5, 5.41) is 0.615. The van der Waals surface area contributed by atoms with Crippen LogP contribution in [0.2, 0.25) is 5.02 Å². The number of hydrogen-bond donors (Lipinski definition) is 0. The predicted octanol–water partition coefficient (Wildman–Crippen LogP) is 2.22. The smallest absolute Gasteiger partial charge is 0.310 e. The van der Waals surface area contributed by atoms with Crippen LogP contribution in [0.1, 0.15) is 5.56 Å². The first kappa shape index (κ1) is 9.07. The van der Waals surface area contributed by atoms with Gasteiger partial charge >= 0.3 is 5.97 Å². The molecule has 1 aromatic rings. The molecule has 1 aromatic carbocycles. The van der Waals surface area contributed by atoms with Crippen LogP contribution in [0, 0.1) is 7.11 Å². The lowest BCUT2D eigenvalue weighted by Gasteiger charge is -1.99. The molecule has 12 heavy (non-hydrogen) atoms. The molecular weight excluding hydrogens is 176 g/mol. The first-order chi connectivity index (χ1) is 5.72. The monoisotopic (exact) mass is 183 g/mol. The number of halogens is 1. The SMILES string of the molecule is [CH2]OC(=O)Cc1cccc(Cl)c1. The molecule has 0 aliphatic heterocycles. The molecule has 1 radical (unpaired) electrons. The minimum Gasteiger partial charge on any atom is -0.462 e. The fraction of sp³-hybridized carbons (Fsp3) is 0.111. The van der Waals surface area contributed by atoms with Crippen molar-refractivity contribution in [2.45, 2.75) is 6.42 Å². The highest BCUT2D eigenvalue weighted by atomic mass is 35.5. The fourth-order valence-electron chi connectivity index (χ4n) is 0.865. The van der Waals surface area contributed by atoms with E-state index in [1.807, 2.05) is 6.07 Å². The van der Waals surface area contributed by atoms with E-state index >= 15 is 0 Å². The Morgan fingerprint density at radius 2 is 2.33 bits per heavy atom. The molecule has 2 nitrogen and oxygen atoms in total. The maximum Gasteiger partial charge on any atom is 0.310 e. The Labute approximate surface area is 76.1 Å². The van der Waals surface area contributed by atoms with Crippen molar-refractivity contribution >= 4 is 17.6 Å². The normalized spacial score (nSPS) is 9.50. The lowest BCUT2D eigenvalue weighted by molar-refractivity contribution is -0.137. The third-order valence-electron chi connectivity index (χ3n) is 1.40. The van der Waals surface area contributed by atoms with Gasteiger partial charge in [-0.1, -0.05) is 23.7 Å². The molecule has 0 saturated carbocycles. The van der Waals surface area contributed by atoms with Gasteiger partial charge in [-0.05, 0) is 17.7 Å². The number of benzene rings is 1. The Balaban J connectivity index is 2.69. The van der Waals surface area contributed by atoms with E-state index in [1.165, 1.54) is 0 Å². The standard InChI is InChI=1S/C9H8ClO2/c1-12-9(11)6-7-3-2-4-8(10)5-7/h2-5H,1,6H2. The number of hydrogen-bond acceptors (Lipinski definition) is 2. The quantitative estimate of drug-likeness (QED) is 0.658. The molecule has 0 atom stereocenters. The number of carbonyl (C=O) groups is 1. The lowest BCUT2D eigenvalue weighted by Crippen LogP contribution is -2.02. The van der Waals surface area contributed by atoms with Crippen LogP contribution in [0.15, 0.2) is 24.3 Å². The molecule has 0 spiro atoms. The summed E-state index contributed by atoms with van der Waals surface area (Å²) in [7, 11) is 3.02. The van der Waals surface area contributed by atoms with E-state index in [-0.39, 0.29) is 12.4 Å². The highest BCUT2D eigenvalue weighted by molar-refractivity contribution is 6.30. The van der Waals surface area contributed by atoms with Crippen molar-refractivity contribution in [3.05, 3.63) is 42.0 Å². The molecule has 0 bridgehead atoms. The molecule has 0 saturated heterocycles. The molecule has 0 unspecified atom stereocenters. The van der Waals surface area contributed by atoms with Crippen LogP contribution < -0.4 is 0 Å². The molecular formula is C9H8ClO2. The second-order valence-corrected chi connectivity index (χ2v) is 2.76. The lowest BCUT2D eigenvalue weighted by atomic mass is 10.2. The van der Waals surface area contributed by atoms with Crippen molar-refractivity contribution in [3.63, 3.8) is 0 Å². The number of ether oxygens (including phenoxy) is 1. The van der Waals surface area contributed by atoms with Crippen molar-refractivity contribution in [1.82, 2.24) is 0 Å². The Morgan fingerprint density at radius 1 is 1.58 bits per heavy atom. The molecule has 0 heterocycles. The van der Waals surface area contributed by atoms with Gasteiger partial charge in [-0.15, -0.1) is 0 Å². The summed E-state index contributed by atoms with van der Waals surface area (Å²) in [4.78, 5) is 10.8. The van der Waals surface area contributed by atoms with E-state index in [2.05, 4.69) is 11.8 Å². The van der Waals surface area contributed by atoms with E-state index < -0.39 is 0 Å². The van der Waals surface area contributed by atoms with Crippen LogP contribution in [0.25, 0.3) is 0 Å². The molecule has 63 valence electrons. The van der Waals surface area contributed by atoms with Gasteiger partial charge in [0.05, 0.1) is 6.42 Å². The van der Waals surface area contributed by atoms with Crippen molar-refractivity contribution < 1.29 is 9.53 Å². The van der Waals surface area contributed by atoms with E-state index in [4.69, 9.17) is 11.6 Å². The zero-order valence-corrected chi connectivity index (χ0v) is 7.17. The summed E-state index contributed by atoms with van der Waals surface area (Å²) < 4.78 is 4.26. The zero-order chi connectivity index (χ0) is 8.97. The average molecular weight is 184 g/mol. The van der Waals surface area contributed by atoms with Gasteiger partial charge in [0, 0.05) is 5.02 Å². The molecule has 0 N–H and O–H groups in total. The van der Waals surface area contributed by atoms with Crippen molar-refractivity contribution in [2.75, 3.05) is 0 Å². The summed E-state index contributed by atoms with van der Waals surface area (Å²) >= 11 is 5.70. The average Bonchev–Trinajstić information content (AvgIpc) is 2.04. The Kier molecular flexibility index (Phi) is 3.11. The summed E-state index contributed by atoms with van der Waals surface area (Å²) in [6, 6.07) is 7.07. The molecule has 3 heteroatoms. The summed E-state index contributed by atoms with van der Waals surface area (Å²) in [5.41, 5.74) is 0.830. The van der Waals surface area contributed by atoms with Crippen LogP contribution in [-0.4, -0.2) is 5.97 Å². The number of rotatable bonds is 2. The fourth-order valence-corrected chi connectivity index (χ4v) is 1.08. The van der Waals surface area contributed by atoms with Crippen molar-refractivity contribution in [1.29, 1.82) is 0 Å². The maximum atomic E-state index is 10.8. The van der Waals surface area contributed by atoms with Gasteiger partial charge in [0.1, 0.15) is 7.11 Å². The minimum absolute atomic E-state index is 0.212. The molecule has 1 rings (SSSR count). The summed E-state index contributed by atoms with van der Waals surface area (Å²) in [6.07, 6.45) is 0.212. The topological polar surface area (TPSA) is 26.3 Å². The van der Waals surface area contributed by atoms with E-state index in [9.17, 15) is 4.79 Å². The Hall–Kier alpha value is -1.02. The predicted molar refractivity (Wildman–Crippen MR) is 46.6 cm³/mol. The van der Waals surface area contributed by atoms with Crippen molar-refractivity contribution in [3.8, 4) is 0 Å². The van der Waals surface area contributed by atoms with Gasteiger partial charge in [-0.3, -0.25) is 4.79 Å². The van der Waals surface area contributed by atoms with Gasteiger partial charge < -0.3 is 4.74 Å². The van der Waals surface area contributed by atoms with Crippen LogP contribution in [-0.2, 0) is 16.0 Å². The maximum absolute atomic E-state index is 10.8. The first-order valence-corrected chi connectivity index (χ1v) is 3.79. The van der Waals surface area contributed by atoms with Gasteiger partial charge in [-0.25, -0.2) is 0 Å². The van der Waals surface area contributed by atoms with Crippen LogP contribution in [0.5, 0.6) is 0 Å². The van der Waals surface area contributed by atoms with Gasteiger partial charge in [0.2, 0.25) is 0 Å². The van der Waals surface area contributed by atoms with Crippen LogP contribution >= 0.6 is 11.6 Å². The zero-order valence-electron chi connectivity index (χ0n) is 6.42. The van der Waals surface area contributed by atoms with E-state index in [0.29, 0.717) is 5.02 Å². The third-order valence-corrected chi connectivity index (χ3v) is 1.63. The second-order valence-electron chi connectivity index (χ2n) is 2.32. The molecule has 0 amide bonds. The minimum atomic E-state index is -0.364. The highest BCUT2D eigenvalue weighted by Gasteiger charge is 2.01. The van der Waals surface area contributed by atoms with Crippen LogP contribution in [0.4, 0.5) is 0 Å².